The van der Waals surface area contributed by atoms with Gasteiger partial charge in [-0.15, -0.1) is 0 Å². The molecule has 0 amide bonds. The second-order valence-electron chi connectivity index (χ2n) is 2.99. The zero-order chi connectivity index (χ0) is 10.6. The van der Waals surface area contributed by atoms with E-state index in [0.717, 1.165) is 0 Å². The molecule has 0 saturated carbocycles. The predicted octanol–water partition coefficient (Wildman–Crippen LogP) is 4.08. The van der Waals surface area contributed by atoms with E-state index in [4.69, 9.17) is 0 Å². The van der Waals surface area contributed by atoms with Gasteiger partial charge in [-0.25, -0.2) is 0 Å². The van der Waals surface area contributed by atoms with Gasteiger partial charge in [-0.1, -0.05) is 43.3 Å². The summed E-state index contributed by atoms with van der Waals surface area (Å²) in [4.78, 5) is 0. The Balaban J connectivity index is 0.000000213. The molecule has 0 N–H and O–H groups in total. The Morgan fingerprint density at radius 1 is 1.14 bits per heavy atom. The molecule has 1 aliphatic carbocycles. The third kappa shape index (κ3) is 3.41. The fourth-order valence-electron chi connectivity index (χ4n) is 1.43. The molecular weight excluding hydrogens is 268 g/mol. The van der Waals surface area contributed by atoms with Crippen molar-refractivity contribution in [2.24, 2.45) is 0 Å². The number of fused-ring (bicyclic) bond motifs is 1. The fraction of sp³-hybridized carbons (Fsp3) is 0.200. The normalized spacial score (nSPS) is 17.0. The van der Waals surface area contributed by atoms with Gasteiger partial charge >= 0.3 is 31.5 Å². The van der Waals surface area contributed by atoms with E-state index in [2.05, 4.69) is 43.3 Å². The monoisotopic (exact) mass is 277 g/mol. The first-order chi connectivity index (χ1) is 6.61. The Labute approximate surface area is 91.8 Å². The number of halogens is 3. The molecule has 0 bridgehead atoms. The fourth-order valence-corrected chi connectivity index (χ4v) is 1.43. The Kier molecular flexibility index (Phi) is 4.60. The summed E-state index contributed by atoms with van der Waals surface area (Å²) in [5.74, 6) is 0.621. The summed E-state index contributed by atoms with van der Waals surface area (Å²) < 4.78 is 29.6. The minimum atomic E-state index is -5.04. The van der Waals surface area contributed by atoms with Gasteiger partial charge in [0.2, 0.25) is 0 Å². The number of rotatable bonds is 0. The molecule has 0 saturated heterocycles. The Morgan fingerprint density at radius 3 is 2.29 bits per heavy atom. The van der Waals surface area contributed by atoms with Crippen molar-refractivity contribution < 1.29 is 31.5 Å². The van der Waals surface area contributed by atoms with Gasteiger partial charge in [-0.3, -0.25) is 0 Å². The van der Waals surface area contributed by atoms with Gasteiger partial charge in [0.25, 0.3) is 0 Å². The first-order valence-electron chi connectivity index (χ1n) is 4.22. The molecule has 1 aromatic carbocycles. The molecule has 1 aromatic rings. The summed E-state index contributed by atoms with van der Waals surface area (Å²) in [6, 6.07) is 8.54. The molecule has 1 aliphatic rings. The maximum absolute atomic E-state index is 9.86. The van der Waals surface area contributed by atoms with Crippen molar-refractivity contribution in [2.45, 2.75) is 12.8 Å². The molecule has 0 radical (unpaired) electrons. The Hall–Kier alpha value is -0.367. The number of hydrogen-bond acceptors (Lipinski definition) is 0. The molecular formula is C10H10F3Zr. The van der Waals surface area contributed by atoms with Crippen molar-refractivity contribution in [1.82, 2.24) is 0 Å². The molecule has 1 atom stereocenters. The predicted molar refractivity (Wildman–Crippen MR) is 47.2 cm³/mol. The molecule has 14 heavy (non-hydrogen) atoms. The minimum absolute atomic E-state index is 0.621. The average Bonchev–Trinajstić information content (AvgIpc) is 2.48. The van der Waals surface area contributed by atoms with E-state index in [1.807, 2.05) is 0 Å². The van der Waals surface area contributed by atoms with Crippen molar-refractivity contribution in [1.29, 1.82) is 0 Å². The second-order valence-corrected chi connectivity index (χ2v) is 4.04. The van der Waals surface area contributed by atoms with E-state index in [9.17, 15) is 7.88 Å². The summed E-state index contributed by atoms with van der Waals surface area (Å²) in [5, 5.41) is 0. The number of benzene rings is 1. The molecule has 0 aliphatic heterocycles. The first-order valence-corrected chi connectivity index (χ1v) is 7.00. The molecule has 4 heteroatoms. The molecule has 75 valence electrons. The molecule has 0 aromatic heterocycles. The zero-order valence-electron chi connectivity index (χ0n) is 7.68. The van der Waals surface area contributed by atoms with Crippen LogP contribution in [0.5, 0.6) is 0 Å². The molecule has 0 heterocycles. The van der Waals surface area contributed by atoms with Crippen LogP contribution in [0.25, 0.3) is 6.08 Å². The van der Waals surface area contributed by atoms with E-state index in [1.165, 1.54) is 11.1 Å². The van der Waals surface area contributed by atoms with E-state index >= 15 is 0 Å². The third-order valence-corrected chi connectivity index (χ3v) is 2.05. The van der Waals surface area contributed by atoms with Crippen LogP contribution in [0.4, 0.5) is 7.88 Å². The maximum atomic E-state index is 9.86. The summed E-state index contributed by atoms with van der Waals surface area (Å²) in [6.45, 7) is 2.22. The third-order valence-electron chi connectivity index (χ3n) is 2.05. The second kappa shape index (κ2) is 5.50. The summed E-state index contributed by atoms with van der Waals surface area (Å²) in [5.41, 5.74) is 2.84. The van der Waals surface area contributed by atoms with Gasteiger partial charge in [0, 0.05) is 0 Å². The number of hydrogen-bond donors (Lipinski definition) is 0. The van der Waals surface area contributed by atoms with Gasteiger partial charge in [0.1, 0.15) is 0 Å². The zero-order valence-corrected chi connectivity index (χ0v) is 10.1. The van der Waals surface area contributed by atoms with Crippen molar-refractivity contribution in [3.8, 4) is 0 Å². The van der Waals surface area contributed by atoms with Gasteiger partial charge < -0.3 is 0 Å². The molecule has 1 unspecified atom stereocenters. The van der Waals surface area contributed by atoms with E-state index in [-0.39, 0.29) is 0 Å². The van der Waals surface area contributed by atoms with Crippen LogP contribution in [0, 0.1) is 0 Å². The molecule has 0 fully saturated rings. The van der Waals surface area contributed by atoms with Gasteiger partial charge in [0.15, 0.2) is 0 Å². The van der Waals surface area contributed by atoms with Crippen molar-refractivity contribution in [3.63, 3.8) is 0 Å². The van der Waals surface area contributed by atoms with Crippen molar-refractivity contribution in [2.75, 3.05) is 0 Å². The van der Waals surface area contributed by atoms with Crippen molar-refractivity contribution >= 4 is 6.08 Å². The summed E-state index contributed by atoms with van der Waals surface area (Å²) in [6.07, 6.45) is 4.44. The topological polar surface area (TPSA) is 0 Å². The van der Waals surface area contributed by atoms with Gasteiger partial charge in [-0.05, 0) is 17.0 Å². The van der Waals surface area contributed by atoms with Crippen LogP contribution in [-0.4, -0.2) is 0 Å². The van der Waals surface area contributed by atoms with E-state index in [1.54, 1.807) is 0 Å². The average molecular weight is 278 g/mol. The van der Waals surface area contributed by atoms with Crippen LogP contribution in [0.15, 0.2) is 30.3 Å². The van der Waals surface area contributed by atoms with Crippen LogP contribution in [0.2, 0.25) is 0 Å². The Morgan fingerprint density at radius 2 is 1.71 bits per heavy atom. The SMILES string of the molecule is CC1C=Cc2ccccc21.[F][Zr]([F])[F]. The van der Waals surface area contributed by atoms with Crippen LogP contribution in [0.3, 0.4) is 0 Å². The van der Waals surface area contributed by atoms with Gasteiger partial charge in [-0.2, -0.15) is 0 Å². The first kappa shape index (κ1) is 11.7. The van der Waals surface area contributed by atoms with E-state index in [0.29, 0.717) is 5.92 Å². The standard InChI is InChI=1S/C10H10.3FH.Zr/c1-8-6-7-9-4-2-3-5-10(8)9;;;;/h2-8H,1H3;3*1H;/q;;;;+3/p-3. The van der Waals surface area contributed by atoms with Crippen LogP contribution in [0.1, 0.15) is 24.0 Å². The summed E-state index contributed by atoms with van der Waals surface area (Å²) >= 11 is -5.04. The van der Waals surface area contributed by atoms with Crippen molar-refractivity contribution in [3.05, 3.63) is 41.5 Å². The quantitative estimate of drug-likeness (QED) is 0.671. The van der Waals surface area contributed by atoms with Crippen LogP contribution >= 0.6 is 0 Å². The molecule has 2 rings (SSSR count). The molecule has 0 spiro atoms. The molecule has 0 nitrogen and oxygen atoms in total. The van der Waals surface area contributed by atoms with Crippen LogP contribution < -0.4 is 0 Å². The van der Waals surface area contributed by atoms with E-state index < -0.39 is 23.6 Å². The van der Waals surface area contributed by atoms with Gasteiger partial charge in [0.05, 0.1) is 0 Å². The Bertz CT molecular complexity index is 320. The van der Waals surface area contributed by atoms with Crippen LogP contribution in [-0.2, 0) is 23.6 Å². The number of allylic oxidation sites excluding steroid dienone is 1. The summed E-state index contributed by atoms with van der Waals surface area (Å²) in [7, 11) is 0.